The van der Waals surface area contributed by atoms with Gasteiger partial charge in [-0.3, -0.25) is 4.79 Å². The van der Waals surface area contributed by atoms with Gasteiger partial charge in [-0.2, -0.15) is 0 Å². The third-order valence-corrected chi connectivity index (χ3v) is 3.92. The van der Waals surface area contributed by atoms with E-state index in [1.165, 1.54) is 7.11 Å². The Hall–Kier alpha value is -1.90. The first-order valence-electron chi connectivity index (χ1n) is 8.53. The largest absolute Gasteiger partial charge is 0.493 e. The highest BCUT2D eigenvalue weighted by molar-refractivity contribution is 6.61. The maximum absolute atomic E-state index is 12.1. The highest BCUT2D eigenvalue weighted by atomic mass is 16.6. The lowest BCUT2D eigenvalue weighted by Gasteiger charge is -2.20. The van der Waals surface area contributed by atoms with Crippen molar-refractivity contribution in [2.75, 3.05) is 21.3 Å². The molecule has 1 aromatic carbocycles. The number of methoxy groups -OCH3 is 1. The first kappa shape index (κ1) is 22.1. The van der Waals surface area contributed by atoms with Crippen LogP contribution >= 0.6 is 0 Å². The number of ether oxygens (including phenoxy) is 1. The van der Waals surface area contributed by atoms with Gasteiger partial charge in [0, 0.05) is 20.6 Å². The van der Waals surface area contributed by atoms with E-state index in [0.717, 1.165) is 11.0 Å². The number of aliphatic hydroxyl groups excluding tert-OH is 1. The smallest absolute Gasteiger partial charge is 0.467 e. The van der Waals surface area contributed by atoms with E-state index >= 15 is 0 Å². The number of hydrogen-bond acceptors (Lipinski definition) is 6. The summed E-state index contributed by atoms with van der Waals surface area (Å²) < 4.78 is 15.2. The molecular weight excluding hydrogens is 337 g/mol. The van der Waals surface area contributed by atoms with Crippen molar-refractivity contribution >= 4 is 24.5 Å². The minimum atomic E-state index is -1.16. The van der Waals surface area contributed by atoms with Crippen LogP contribution < -0.4 is 10.8 Å². The standard InChI is InChI=1S/C18H28BNO6/c1-12(2)10-16(21)17(22)20-15(18(23)24-3)11-13-6-8-14(9-7-13)19(25-4)26-5/h6-9,12,15-16,21H,10-11H2,1-5H3,(H,20,22)/t15-,16-/m0/s1. The quantitative estimate of drug-likeness (QED) is 0.457. The molecule has 0 unspecified atom stereocenters. The number of rotatable bonds is 10. The van der Waals surface area contributed by atoms with Crippen molar-refractivity contribution < 1.29 is 28.7 Å². The molecule has 1 rings (SSSR count). The first-order valence-corrected chi connectivity index (χ1v) is 8.53. The molecule has 0 aliphatic heterocycles. The van der Waals surface area contributed by atoms with Crippen LogP contribution in [0.1, 0.15) is 25.8 Å². The van der Waals surface area contributed by atoms with Gasteiger partial charge in [-0.25, -0.2) is 4.79 Å². The fraction of sp³-hybridized carbons (Fsp3) is 0.556. The molecule has 26 heavy (non-hydrogen) atoms. The van der Waals surface area contributed by atoms with Gasteiger partial charge in [0.05, 0.1) is 7.11 Å². The summed E-state index contributed by atoms with van der Waals surface area (Å²) >= 11 is 0. The van der Waals surface area contributed by atoms with E-state index < -0.39 is 31.1 Å². The van der Waals surface area contributed by atoms with Crippen molar-refractivity contribution in [2.45, 2.75) is 38.8 Å². The van der Waals surface area contributed by atoms with Crippen molar-refractivity contribution in [2.24, 2.45) is 5.92 Å². The molecule has 0 aromatic heterocycles. The van der Waals surface area contributed by atoms with Crippen LogP contribution in [0.25, 0.3) is 0 Å². The third-order valence-electron chi connectivity index (χ3n) is 3.92. The van der Waals surface area contributed by atoms with E-state index in [1.807, 2.05) is 38.1 Å². The molecule has 0 bridgehead atoms. The molecule has 0 saturated heterocycles. The van der Waals surface area contributed by atoms with Crippen molar-refractivity contribution in [3.05, 3.63) is 29.8 Å². The number of carbonyl (C=O) groups excluding carboxylic acids is 2. The van der Waals surface area contributed by atoms with E-state index in [4.69, 9.17) is 14.0 Å². The summed E-state index contributed by atoms with van der Waals surface area (Å²) in [7, 11) is 3.89. The summed E-state index contributed by atoms with van der Waals surface area (Å²) in [6.45, 7) is 3.81. The summed E-state index contributed by atoms with van der Waals surface area (Å²) in [5, 5.41) is 12.5. The van der Waals surface area contributed by atoms with Crippen LogP contribution in [-0.4, -0.2) is 57.6 Å². The minimum absolute atomic E-state index is 0.161. The van der Waals surface area contributed by atoms with E-state index in [9.17, 15) is 14.7 Å². The number of amides is 1. The Bertz CT molecular complexity index is 574. The number of aliphatic hydroxyl groups is 1. The second-order valence-electron chi connectivity index (χ2n) is 6.48. The van der Waals surface area contributed by atoms with Crippen molar-refractivity contribution in [1.82, 2.24) is 5.32 Å². The maximum atomic E-state index is 12.1. The Morgan fingerprint density at radius 2 is 1.69 bits per heavy atom. The fourth-order valence-electron chi connectivity index (χ4n) is 2.57. The van der Waals surface area contributed by atoms with Crippen LogP contribution in [-0.2, 0) is 30.1 Å². The maximum Gasteiger partial charge on any atom is 0.493 e. The van der Waals surface area contributed by atoms with Gasteiger partial charge >= 0.3 is 13.1 Å². The number of benzene rings is 1. The molecule has 0 aliphatic rings. The molecule has 144 valence electrons. The fourth-order valence-corrected chi connectivity index (χ4v) is 2.57. The molecule has 2 N–H and O–H groups in total. The molecule has 0 saturated carbocycles. The van der Waals surface area contributed by atoms with E-state index in [1.54, 1.807) is 14.2 Å². The summed E-state index contributed by atoms with van der Waals surface area (Å²) in [5.74, 6) is -0.982. The molecule has 0 radical (unpaired) electrons. The zero-order chi connectivity index (χ0) is 19.7. The average molecular weight is 365 g/mol. The van der Waals surface area contributed by atoms with E-state index in [2.05, 4.69) is 5.32 Å². The highest BCUT2D eigenvalue weighted by Gasteiger charge is 2.26. The summed E-state index contributed by atoms with van der Waals surface area (Å²) in [5.41, 5.74) is 1.67. The van der Waals surface area contributed by atoms with Gasteiger partial charge in [0.1, 0.15) is 12.1 Å². The average Bonchev–Trinajstić information content (AvgIpc) is 2.62. The molecule has 1 amide bonds. The minimum Gasteiger partial charge on any atom is -0.467 e. The molecular formula is C18H28BNO6. The molecule has 7 nitrogen and oxygen atoms in total. The first-order chi connectivity index (χ1) is 12.3. The normalized spacial score (nSPS) is 13.2. The molecule has 0 heterocycles. The van der Waals surface area contributed by atoms with Gasteiger partial charge in [-0.15, -0.1) is 0 Å². The number of hydrogen-bond donors (Lipinski definition) is 2. The van der Waals surface area contributed by atoms with Gasteiger partial charge < -0.3 is 24.5 Å². The highest BCUT2D eigenvalue weighted by Crippen LogP contribution is 2.08. The van der Waals surface area contributed by atoms with Crippen molar-refractivity contribution in [3.8, 4) is 0 Å². The predicted molar refractivity (Wildman–Crippen MR) is 99.0 cm³/mol. The van der Waals surface area contributed by atoms with E-state index in [0.29, 0.717) is 6.42 Å². The molecule has 1 aromatic rings. The van der Waals surface area contributed by atoms with Gasteiger partial charge in [-0.05, 0) is 23.4 Å². The number of carbonyl (C=O) groups is 2. The van der Waals surface area contributed by atoms with Gasteiger partial charge in [0.2, 0.25) is 5.91 Å². The van der Waals surface area contributed by atoms with Gasteiger partial charge in [-0.1, -0.05) is 38.1 Å². The van der Waals surface area contributed by atoms with Crippen molar-refractivity contribution in [1.29, 1.82) is 0 Å². The lowest BCUT2D eigenvalue weighted by Crippen LogP contribution is -2.47. The molecule has 0 fully saturated rings. The summed E-state index contributed by atoms with van der Waals surface area (Å²) in [6.07, 6.45) is -0.588. The Morgan fingerprint density at radius 1 is 1.12 bits per heavy atom. The van der Waals surface area contributed by atoms with Crippen LogP contribution in [0.4, 0.5) is 0 Å². The Morgan fingerprint density at radius 3 is 2.15 bits per heavy atom. The Labute approximate surface area is 155 Å². The second kappa shape index (κ2) is 11.0. The van der Waals surface area contributed by atoms with Crippen LogP contribution in [0.2, 0.25) is 0 Å². The van der Waals surface area contributed by atoms with Crippen LogP contribution in [0.3, 0.4) is 0 Å². The second-order valence-corrected chi connectivity index (χ2v) is 6.48. The Balaban J connectivity index is 2.81. The summed E-state index contributed by atoms with van der Waals surface area (Å²) in [6, 6.07) is 6.44. The van der Waals surface area contributed by atoms with Crippen molar-refractivity contribution in [3.63, 3.8) is 0 Å². The summed E-state index contributed by atoms with van der Waals surface area (Å²) in [4.78, 5) is 24.1. The zero-order valence-electron chi connectivity index (χ0n) is 16.0. The monoisotopic (exact) mass is 365 g/mol. The third kappa shape index (κ3) is 6.78. The predicted octanol–water partition coefficient (Wildman–Crippen LogP) is 0.282. The molecule has 0 spiro atoms. The van der Waals surface area contributed by atoms with Gasteiger partial charge in [0.15, 0.2) is 0 Å². The lowest BCUT2D eigenvalue weighted by molar-refractivity contribution is -0.146. The van der Waals surface area contributed by atoms with Crippen LogP contribution in [0.15, 0.2) is 24.3 Å². The molecule has 0 aliphatic carbocycles. The topological polar surface area (TPSA) is 94.1 Å². The zero-order valence-corrected chi connectivity index (χ0v) is 16.0. The number of nitrogens with one attached hydrogen (secondary N) is 1. The molecule has 8 heteroatoms. The SMILES string of the molecule is COB(OC)c1ccc(C[C@H](NC(=O)[C@@H](O)CC(C)C)C(=O)OC)cc1. The lowest BCUT2D eigenvalue weighted by atomic mass is 9.78. The van der Waals surface area contributed by atoms with Gasteiger partial charge in [0.25, 0.3) is 0 Å². The van der Waals surface area contributed by atoms with E-state index in [-0.39, 0.29) is 12.3 Å². The Kier molecular flexibility index (Phi) is 9.33. The van der Waals surface area contributed by atoms with Crippen LogP contribution in [0, 0.1) is 5.92 Å². The molecule has 2 atom stereocenters. The number of esters is 1. The van der Waals surface area contributed by atoms with Crippen LogP contribution in [0.5, 0.6) is 0 Å².